The van der Waals surface area contributed by atoms with Gasteiger partial charge in [0, 0.05) is 16.3 Å². The van der Waals surface area contributed by atoms with Crippen molar-refractivity contribution in [2.75, 3.05) is 13.2 Å². The molecule has 0 bridgehead atoms. The molecule has 2 N–H and O–H groups in total. The number of rotatable bonds is 11. The summed E-state index contributed by atoms with van der Waals surface area (Å²) < 4.78 is 16.7. The average Bonchev–Trinajstić information content (AvgIpc) is 3.36. The Morgan fingerprint density at radius 2 is 1.52 bits per heavy atom. The summed E-state index contributed by atoms with van der Waals surface area (Å²) >= 11 is 0. The number of carbonyl (C=O) groups excluding carboxylic acids is 1. The largest absolute Gasteiger partial charge is 0.480 e. The van der Waals surface area contributed by atoms with Crippen LogP contribution in [0.3, 0.4) is 0 Å². The number of amides is 1. The summed E-state index contributed by atoms with van der Waals surface area (Å²) in [6.07, 6.45) is 0.846. The van der Waals surface area contributed by atoms with Gasteiger partial charge in [0.2, 0.25) is 0 Å². The number of fused-ring (bicyclic) bond motifs is 3. The standard InChI is InChI=1S/C33H31NO6/c1-2-3-19-39-33(37)34-29(32(35)36)21-38-20-22-11-13-23(14-12-22)24-15-17-25(18-16-24)26-8-6-9-28-27-7-4-5-10-30(27)40-31(26)28/h4-18,29H,2-3,19-21H2,1H3,(H,34,37)(H,35,36). The third-order valence-electron chi connectivity index (χ3n) is 6.76. The normalized spacial score (nSPS) is 11.9. The lowest BCUT2D eigenvalue weighted by atomic mass is 9.98. The van der Waals surface area contributed by atoms with Crippen molar-refractivity contribution in [3.8, 4) is 22.3 Å². The van der Waals surface area contributed by atoms with Gasteiger partial charge in [0.05, 0.1) is 19.8 Å². The Bertz CT molecular complexity index is 1600. The van der Waals surface area contributed by atoms with Crippen molar-refractivity contribution in [3.63, 3.8) is 0 Å². The molecular weight excluding hydrogens is 506 g/mol. The molecular formula is C33H31NO6. The van der Waals surface area contributed by atoms with Crippen LogP contribution in [0, 0.1) is 0 Å². The third kappa shape index (κ3) is 6.16. The van der Waals surface area contributed by atoms with Gasteiger partial charge in [-0.15, -0.1) is 0 Å². The molecule has 1 heterocycles. The minimum atomic E-state index is -1.18. The fraction of sp³-hybridized carbons (Fsp3) is 0.212. The SMILES string of the molecule is CCCCOC(=O)NC(COCc1ccc(-c2ccc(-c3cccc4c3oc3ccccc34)cc2)cc1)C(=O)O. The highest BCUT2D eigenvalue weighted by Crippen LogP contribution is 2.36. The number of hydrogen-bond acceptors (Lipinski definition) is 5. The molecule has 7 heteroatoms. The zero-order valence-electron chi connectivity index (χ0n) is 22.3. The number of carboxylic acids is 1. The molecule has 0 saturated heterocycles. The molecule has 0 spiro atoms. The van der Waals surface area contributed by atoms with E-state index in [-0.39, 0.29) is 19.8 Å². The zero-order chi connectivity index (χ0) is 27.9. The molecule has 0 aliphatic rings. The van der Waals surface area contributed by atoms with Crippen molar-refractivity contribution in [1.29, 1.82) is 0 Å². The number of carboxylic acid groups (broad SMARTS) is 1. The molecule has 1 amide bonds. The molecule has 1 unspecified atom stereocenters. The predicted octanol–water partition coefficient (Wildman–Crippen LogP) is 7.42. The fourth-order valence-corrected chi connectivity index (χ4v) is 4.57. The first-order valence-electron chi connectivity index (χ1n) is 13.4. The van der Waals surface area contributed by atoms with E-state index in [0.717, 1.165) is 62.6 Å². The lowest BCUT2D eigenvalue weighted by molar-refractivity contribution is -0.141. The van der Waals surface area contributed by atoms with Gasteiger partial charge in [0.25, 0.3) is 0 Å². The molecule has 0 radical (unpaired) electrons. The highest BCUT2D eigenvalue weighted by Gasteiger charge is 2.21. The Morgan fingerprint density at radius 1 is 0.850 bits per heavy atom. The number of hydrogen-bond donors (Lipinski definition) is 2. The van der Waals surface area contributed by atoms with Gasteiger partial charge in [-0.25, -0.2) is 9.59 Å². The zero-order valence-corrected chi connectivity index (χ0v) is 22.3. The summed E-state index contributed by atoms with van der Waals surface area (Å²) in [6, 6.07) is 29.4. The first-order chi connectivity index (χ1) is 19.5. The first kappa shape index (κ1) is 27.0. The average molecular weight is 538 g/mol. The maximum atomic E-state index is 11.8. The Labute approximate surface area is 232 Å². The van der Waals surface area contributed by atoms with Crippen molar-refractivity contribution in [1.82, 2.24) is 5.32 Å². The molecule has 4 aromatic carbocycles. The van der Waals surface area contributed by atoms with E-state index < -0.39 is 18.1 Å². The van der Waals surface area contributed by atoms with Gasteiger partial charge in [0.1, 0.15) is 11.2 Å². The third-order valence-corrected chi connectivity index (χ3v) is 6.76. The lowest BCUT2D eigenvalue weighted by Gasteiger charge is -2.15. The summed E-state index contributed by atoms with van der Waals surface area (Å²) in [5.74, 6) is -1.18. The van der Waals surface area contributed by atoms with Crippen LogP contribution in [0.25, 0.3) is 44.2 Å². The molecule has 0 fully saturated rings. The Morgan fingerprint density at radius 3 is 2.25 bits per heavy atom. The summed E-state index contributed by atoms with van der Waals surface area (Å²) in [5, 5.41) is 13.9. The second-order valence-corrected chi connectivity index (χ2v) is 9.59. The van der Waals surface area contributed by atoms with Crippen LogP contribution in [-0.2, 0) is 20.9 Å². The van der Waals surface area contributed by atoms with Crippen LogP contribution in [0.5, 0.6) is 0 Å². The van der Waals surface area contributed by atoms with E-state index in [1.165, 1.54) is 0 Å². The number of furan rings is 1. The molecule has 7 nitrogen and oxygen atoms in total. The maximum absolute atomic E-state index is 11.8. The lowest BCUT2D eigenvalue weighted by Crippen LogP contribution is -2.44. The molecule has 1 aromatic heterocycles. The van der Waals surface area contributed by atoms with Crippen LogP contribution in [0.1, 0.15) is 25.3 Å². The summed E-state index contributed by atoms with van der Waals surface area (Å²) in [7, 11) is 0. The predicted molar refractivity (Wildman–Crippen MR) is 155 cm³/mol. The fourth-order valence-electron chi connectivity index (χ4n) is 4.57. The van der Waals surface area contributed by atoms with E-state index in [2.05, 4.69) is 53.8 Å². The first-order valence-corrected chi connectivity index (χ1v) is 13.4. The maximum Gasteiger partial charge on any atom is 0.407 e. The van der Waals surface area contributed by atoms with Gasteiger partial charge < -0.3 is 24.3 Å². The topological polar surface area (TPSA) is 98.0 Å². The van der Waals surface area contributed by atoms with Crippen LogP contribution in [0.15, 0.2) is 95.4 Å². The monoisotopic (exact) mass is 537 g/mol. The summed E-state index contributed by atoms with van der Waals surface area (Å²) in [5.41, 5.74) is 6.92. The molecule has 0 saturated carbocycles. The van der Waals surface area contributed by atoms with Crippen molar-refractivity contribution in [3.05, 3.63) is 96.6 Å². The summed E-state index contributed by atoms with van der Waals surface area (Å²) in [6.45, 7) is 2.28. The Balaban J connectivity index is 1.20. The van der Waals surface area contributed by atoms with Crippen LogP contribution >= 0.6 is 0 Å². The number of unbranched alkanes of at least 4 members (excludes halogenated alkanes) is 1. The minimum Gasteiger partial charge on any atom is -0.480 e. The highest BCUT2D eigenvalue weighted by atomic mass is 16.5. The Kier molecular flexibility index (Phi) is 8.42. The highest BCUT2D eigenvalue weighted by molar-refractivity contribution is 6.09. The molecule has 5 aromatic rings. The van der Waals surface area contributed by atoms with Gasteiger partial charge in [-0.05, 0) is 34.7 Å². The van der Waals surface area contributed by atoms with E-state index in [4.69, 9.17) is 13.9 Å². The van der Waals surface area contributed by atoms with Crippen LogP contribution < -0.4 is 5.32 Å². The number of nitrogens with one attached hydrogen (secondary N) is 1. The number of para-hydroxylation sites is 2. The van der Waals surface area contributed by atoms with Gasteiger partial charge in [-0.3, -0.25) is 0 Å². The number of ether oxygens (including phenoxy) is 2. The number of alkyl carbamates (subject to hydrolysis) is 1. The van der Waals surface area contributed by atoms with Crippen molar-refractivity contribution < 1.29 is 28.6 Å². The van der Waals surface area contributed by atoms with Gasteiger partial charge >= 0.3 is 12.1 Å². The van der Waals surface area contributed by atoms with E-state index in [1.807, 2.05) is 49.4 Å². The molecule has 40 heavy (non-hydrogen) atoms. The number of carbonyl (C=O) groups is 2. The van der Waals surface area contributed by atoms with E-state index in [1.54, 1.807) is 0 Å². The van der Waals surface area contributed by atoms with Gasteiger partial charge in [-0.1, -0.05) is 98.3 Å². The van der Waals surface area contributed by atoms with Crippen molar-refractivity contribution in [2.45, 2.75) is 32.4 Å². The molecule has 0 aliphatic heterocycles. The number of benzene rings is 4. The van der Waals surface area contributed by atoms with E-state index in [9.17, 15) is 14.7 Å². The minimum absolute atomic E-state index is 0.167. The smallest absolute Gasteiger partial charge is 0.407 e. The van der Waals surface area contributed by atoms with Gasteiger partial charge in [-0.2, -0.15) is 0 Å². The van der Waals surface area contributed by atoms with Crippen LogP contribution in [0.4, 0.5) is 4.79 Å². The van der Waals surface area contributed by atoms with E-state index >= 15 is 0 Å². The number of aliphatic carboxylic acids is 1. The molecule has 5 rings (SSSR count). The Hall–Kier alpha value is -4.62. The van der Waals surface area contributed by atoms with E-state index in [0.29, 0.717) is 0 Å². The second-order valence-electron chi connectivity index (χ2n) is 9.59. The molecule has 204 valence electrons. The molecule has 0 aliphatic carbocycles. The molecule has 1 atom stereocenters. The van der Waals surface area contributed by atoms with Crippen molar-refractivity contribution in [2.24, 2.45) is 0 Å². The quantitative estimate of drug-likeness (QED) is 0.170. The van der Waals surface area contributed by atoms with Crippen LogP contribution in [-0.4, -0.2) is 36.4 Å². The van der Waals surface area contributed by atoms with Crippen molar-refractivity contribution >= 4 is 34.0 Å². The second kappa shape index (κ2) is 12.5. The van der Waals surface area contributed by atoms with Crippen LogP contribution in [0.2, 0.25) is 0 Å². The summed E-state index contributed by atoms with van der Waals surface area (Å²) in [4.78, 5) is 23.3. The van der Waals surface area contributed by atoms with Gasteiger partial charge in [0.15, 0.2) is 6.04 Å².